The van der Waals surface area contributed by atoms with Crippen LogP contribution in [0.2, 0.25) is 0 Å². The van der Waals surface area contributed by atoms with Crippen LogP contribution in [0.15, 0.2) is 30.6 Å². The fraction of sp³-hybridized carbons (Fsp3) is 0.389. The number of H-pyrrole nitrogens is 1. The van der Waals surface area contributed by atoms with E-state index in [1.165, 1.54) is 5.69 Å². The summed E-state index contributed by atoms with van der Waals surface area (Å²) in [6, 6.07) is 6.27. The van der Waals surface area contributed by atoms with Crippen LogP contribution in [0.25, 0.3) is 22.3 Å². The van der Waals surface area contributed by atoms with Crippen LogP contribution in [0.4, 0.5) is 4.79 Å². The average Bonchev–Trinajstić information content (AvgIpc) is 3.26. The molecule has 25 heavy (non-hydrogen) atoms. The maximum absolute atomic E-state index is 12.0. The van der Waals surface area contributed by atoms with E-state index in [4.69, 9.17) is 5.10 Å². The Morgan fingerprint density at radius 3 is 3.12 bits per heavy atom. The molecule has 1 saturated heterocycles. The van der Waals surface area contributed by atoms with Gasteiger partial charge in [-0.2, -0.15) is 5.10 Å². The largest absolute Gasteiger partial charge is 0.360 e. The molecule has 2 aliphatic heterocycles. The fourth-order valence-corrected chi connectivity index (χ4v) is 4.09. The Bertz CT molecular complexity index is 965. The zero-order chi connectivity index (χ0) is 17.0. The Hall–Kier alpha value is -2.83. The maximum atomic E-state index is 12.0. The number of rotatable bonds is 2. The van der Waals surface area contributed by atoms with Crippen molar-refractivity contribution in [1.82, 2.24) is 30.0 Å². The number of carbonyl (C=O) groups excluding carboxylic acids is 1. The van der Waals surface area contributed by atoms with Gasteiger partial charge < -0.3 is 15.2 Å². The summed E-state index contributed by atoms with van der Waals surface area (Å²) < 4.78 is 2.10. The fourth-order valence-electron chi connectivity index (χ4n) is 4.09. The lowest BCUT2D eigenvalue weighted by atomic mass is 9.76. The van der Waals surface area contributed by atoms with Gasteiger partial charge in [0, 0.05) is 55.2 Å². The number of likely N-dealkylation sites (tertiary alicyclic amines) is 1. The number of urea groups is 1. The van der Waals surface area contributed by atoms with E-state index in [-0.39, 0.29) is 11.4 Å². The predicted molar refractivity (Wildman–Crippen MR) is 94.3 cm³/mol. The number of carbonyl (C=O) groups is 1. The quantitative estimate of drug-likeness (QED) is 0.752. The lowest BCUT2D eigenvalue weighted by Crippen LogP contribution is -2.62. The molecule has 5 rings (SSSR count). The molecule has 3 aromatic rings. The third-order valence-corrected chi connectivity index (χ3v) is 5.42. The molecule has 0 unspecified atom stereocenters. The van der Waals surface area contributed by atoms with Crippen molar-refractivity contribution in [3.8, 4) is 11.3 Å². The minimum Gasteiger partial charge on any atom is -0.360 e. The Kier molecular flexibility index (Phi) is 2.95. The smallest absolute Gasteiger partial charge is 0.317 e. The average molecular weight is 336 g/mol. The molecule has 7 nitrogen and oxygen atoms in total. The normalized spacial score (nSPS) is 17.7. The van der Waals surface area contributed by atoms with Gasteiger partial charge in [0.05, 0.1) is 16.7 Å². The first kappa shape index (κ1) is 14.5. The molecule has 0 aromatic carbocycles. The van der Waals surface area contributed by atoms with Crippen LogP contribution in [0.3, 0.4) is 0 Å². The van der Waals surface area contributed by atoms with E-state index in [2.05, 4.69) is 32.1 Å². The van der Waals surface area contributed by atoms with Crippen molar-refractivity contribution in [2.75, 3.05) is 19.6 Å². The molecule has 1 fully saturated rings. The maximum Gasteiger partial charge on any atom is 0.317 e. The molecule has 3 aromatic heterocycles. The van der Waals surface area contributed by atoms with Crippen LogP contribution in [0.5, 0.6) is 0 Å². The Balaban J connectivity index is 1.43. The molecule has 128 valence electrons. The van der Waals surface area contributed by atoms with Crippen LogP contribution in [-0.2, 0) is 12.0 Å². The number of fused-ring (bicyclic) bond motifs is 3. The summed E-state index contributed by atoms with van der Waals surface area (Å²) in [5.41, 5.74) is 5.27. The van der Waals surface area contributed by atoms with Gasteiger partial charge >= 0.3 is 6.03 Å². The number of hydrogen-bond donors (Lipinski definition) is 2. The van der Waals surface area contributed by atoms with E-state index in [1.54, 1.807) is 0 Å². The van der Waals surface area contributed by atoms with Crippen LogP contribution in [0, 0.1) is 0 Å². The number of nitrogens with zero attached hydrogens (tertiary/aromatic N) is 4. The molecule has 0 saturated carbocycles. The van der Waals surface area contributed by atoms with Gasteiger partial charge in [0.15, 0.2) is 0 Å². The molecule has 1 spiro atoms. The molecular weight excluding hydrogens is 316 g/mol. The van der Waals surface area contributed by atoms with Crippen molar-refractivity contribution < 1.29 is 4.79 Å². The molecular formula is C18H20N6O. The highest BCUT2D eigenvalue weighted by molar-refractivity contribution is 5.80. The van der Waals surface area contributed by atoms with Gasteiger partial charge in [0.2, 0.25) is 0 Å². The lowest BCUT2D eigenvalue weighted by molar-refractivity contribution is 0.0925. The van der Waals surface area contributed by atoms with Gasteiger partial charge in [-0.1, -0.05) is 0 Å². The molecule has 0 bridgehead atoms. The molecule has 0 radical (unpaired) electrons. The van der Waals surface area contributed by atoms with Crippen molar-refractivity contribution in [3.05, 3.63) is 36.3 Å². The zero-order valence-electron chi connectivity index (χ0n) is 14.1. The summed E-state index contributed by atoms with van der Waals surface area (Å²) >= 11 is 0. The van der Waals surface area contributed by atoms with E-state index in [9.17, 15) is 4.79 Å². The molecule has 2 aliphatic rings. The Morgan fingerprint density at radius 2 is 2.28 bits per heavy atom. The summed E-state index contributed by atoms with van der Waals surface area (Å²) in [5, 5.41) is 7.66. The summed E-state index contributed by atoms with van der Waals surface area (Å²) in [6.07, 6.45) is 4.83. The second kappa shape index (κ2) is 5.08. The molecule has 2 N–H and O–H groups in total. The lowest BCUT2D eigenvalue weighted by Gasteiger charge is -2.47. The SMILES string of the molecule is CCNC(=O)N1CC2(CCn3nc(-c4cnc5cc[nH]c5c4)cc32)C1. The molecule has 5 heterocycles. The van der Waals surface area contributed by atoms with E-state index >= 15 is 0 Å². The van der Waals surface area contributed by atoms with Crippen LogP contribution < -0.4 is 5.32 Å². The van der Waals surface area contributed by atoms with Crippen molar-refractivity contribution in [1.29, 1.82) is 0 Å². The number of aromatic amines is 1. The van der Waals surface area contributed by atoms with E-state index in [0.29, 0.717) is 6.54 Å². The summed E-state index contributed by atoms with van der Waals surface area (Å²) in [4.78, 5) is 21.6. The first-order valence-electron chi connectivity index (χ1n) is 8.73. The van der Waals surface area contributed by atoms with Crippen molar-refractivity contribution in [2.24, 2.45) is 0 Å². The van der Waals surface area contributed by atoms with E-state index in [0.717, 1.165) is 48.3 Å². The van der Waals surface area contributed by atoms with Gasteiger partial charge in [-0.3, -0.25) is 9.67 Å². The minimum atomic E-state index is 0.0349. The molecule has 0 aliphatic carbocycles. The molecule has 7 heteroatoms. The highest BCUT2D eigenvalue weighted by Crippen LogP contribution is 2.43. The number of aromatic nitrogens is 4. The van der Waals surface area contributed by atoms with Crippen molar-refractivity contribution >= 4 is 17.1 Å². The van der Waals surface area contributed by atoms with E-state index in [1.807, 2.05) is 30.3 Å². The highest BCUT2D eigenvalue weighted by Gasteiger charge is 2.51. The topological polar surface area (TPSA) is 78.8 Å². The van der Waals surface area contributed by atoms with Crippen molar-refractivity contribution in [3.63, 3.8) is 0 Å². The Morgan fingerprint density at radius 1 is 1.40 bits per heavy atom. The summed E-state index contributed by atoms with van der Waals surface area (Å²) in [6.45, 7) is 5.07. The van der Waals surface area contributed by atoms with E-state index < -0.39 is 0 Å². The number of aryl methyl sites for hydroxylation is 1. The molecule has 2 amide bonds. The standard InChI is InChI=1S/C18H20N6O/c1-2-19-17(25)23-10-18(11-23)4-6-24-16(18)8-14(22-24)12-7-15-13(21-9-12)3-5-20-15/h3,5,7-9,20H,2,4,6,10-11H2,1H3,(H,19,25). The minimum absolute atomic E-state index is 0.0349. The van der Waals surface area contributed by atoms with Gasteiger partial charge in [0.1, 0.15) is 0 Å². The number of amides is 2. The van der Waals surface area contributed by atoms with Crippen molar-refractivity contribution in [2.45, 2.75) is 25.3 Å². The van der Waals surface area contributed by atoms with Crippen LogP contribution in [-0.4, -0.2) is 50.3 Å². The predicted octanol–water partition coefficient (Wildman–Crippen LogP) is 2.11. The summed E-state index contributed by atoms with van der Waals surface area (Å²) in [5.74, 6) is 0. The van der Waals surface area contributed by atoms with Crippen LogP contribution in [0.1, 0.15) is 19.0 Å². The Labute approximate surface area is 145 Å². The third-order valence-electron chi connectivity index (χ3n) is 5.42. The van der Waals surface area contributed by atoms with Crippen LogP contribution >= 0.6 is 0 Å². The van der Waals surface area contributed by atoms with Gasteiger partial charge in [-0.05, 0) is 31.5 Å². The number of nitrogens with one attached hydrogen (secondary N) is 2. The van der Waals surface area contributed by atoms with Gasteiger partial charge in [-0.15, -0.1) is 0 Å². The number of pyridine rings is 1. The zero-order valence-corrected chi connectivity index (χ0v) is 14.1. The second-order valence-corrected chi connectivity index (χ2v) is 6.99. The molecule has 0 atom stereocenters. The number of hydrogen-bond acceptors (Lipinski definition) is 3. The first-order valence-corrected chi connectivity index (χ1v) is 8.73. The summed E-state index contributed by atoms with van der Waals surface area (Å²) in [7, 11) is 0. The highest BCUT2D eigenvalue weighted by atomic mass is 16.2. The van der Waals surface area contributed by atoms with Gasteiger partial charge in [0.25, 0.3) is 0 Å². The monoisotopic (exact) mass is 336 g/mol. The second-order valence-electron chi connectivity index (χ2n) is 6.99. The first-order chi connectivity index (χ1) is 12.2. The van der Waals surface area contributed by atoms with Gasteiger partial charge in [-0.25, -0.2) is 4.79 Å². The third kappa shape index (κ3) is 2.08.